The van der Waals surface area contributed by atoms with Crippen LogP contribution in [0.15, 0.2) is 18.2 Å². The number of alkyl halides is 1. The molecule has 7 heteroatoms. The number of fused-ring (bicyclic) bond motifs is 1. The molecular weight excluding hydrogens is 337 g/mol. The topological polar surface area (TPSA) is 47.4 Å². The number of carbonyl (C=O) groups excluding carboxylic acids is 1. The molecule has 0 spiro atoms. The van der Waals surface area contributed by atoms with Gasteiger partial charge in [0.15, 0.2) is 0 Å². The number of benzene rings is 1. The van der Waals surface area contributed by atoms with Crippen LogP contribution in [-0.2, 0) is 10.6 Å². The molecule has 1 amide bonds. The summed E-state index contributed by atoms with van der Waals surface area (Å²) in [5.74, 6) is 1.10. The Morgan fingerprint density at radius 1 is 1.39 bits per heavy atom. The molecule has 0 aliphatic carbocycles. The van der Waals surface area contributed by atoms with Gasteiger partial charge in [-0.1, -0.05) is 11.6 Å². The van der Waals surface area contributed by atoms with Crippen molar-refractivity contribution in [2.75, 3.05) is 13.1 Å². The first-order valence-electron chi connectivity index (χ1n) is 7.49. The molecule has 5 nitrogen and oxygen atoms in total. The van der Waals surface area contributed by atoms with Crippen LogP contribution in [0.4, 0.5) is 4.79 Å². The van der Waals surface area contributed by atoms with Crippen molar-refractivity contribution in [1.82, 2.24) is 14.5 Å². The van der Waals surface area contributed by atoms with Gasteiger partial charge in [0.1, 0.15) is 11.4 Å². The number of rotatable bonds is 2. The summed E-state index contributed by atoms with van der Waals surface area (Å²) in [4.78, 5) is 18.3. The van der Waals surface area contributed by atoms with Crippen LogP contribution in [-0.4, -0.2) is 39.2 Å². The van der Waals surface area contributed by atoms with Gasteiger partial charge in [-0.15, -0.1) is 11.6 Å². The molecule has 1 aromatic carbocycles. The first-order valence-corrected chi connectivity index (χ1v) is 8.40. The van der Waals surface area contributed by atoms with E-state index in [1.165, 1.54) is 0 Å². The summed E-state index contributed by atoms with van der Waals surface area (Å²) >= 11 is 12.1. The fourth-order valence-electron chi connectivity index (χ4n) is 2.72. The van der Waals surface area contributed by atoms with Gasteiger partial charge in [-0.25, -0.2) is 9.78 Å². The maximum Gasteiger partial charge on any atom is 0.410 e. The molecule has 1 aliphatic rings. The number of hydrogen-bond acceptors (Lipinski definition) is 3. The number of aromatic nitrogens is 2. The molecule has 1 aliphatic heterocycles. The summed E-state index contributed by atoms with van der Waals surface area (Å²) < 4.78 is 7.48. The van der Waals surface area contributed by atoms with Crippen LogP contribution in [0, 0.1) is 0 Å². The van der Waals surface area contributed by atoms with Crippen molar-refractivity contribution in [3.8, 4) is 0 Å². The van der Waals surface area contributed by atoms with Crippen LogP contribution in [0.25, 0.3) is 11.0 Å². The maximum absolute atomic E-state index is 12.1. The SMILES string of the molecule is CC(C)(C)OC(=O)N1CC(n2c(CCl)nc3cc(Cl)ccc32)C1. The van der Waals surface area contributed by atoms with E-state index in [1.807, 2.05) is 39.0 Å². The zero-order chi connectivity index (χ0) is 16.8. The number of likely N-dealkylation sites (tertiary alicyclic amines) is 1. The van der Waals surface area contributed by atoms with Gasteiger partial charge in [0.25, 0.3) is 0 Å². The molecule has 0 bridgehead atoms. The van der Waals surface area contributed by atoms with Gasteiger partial charge >= 0.3 is 6.09 Å². The minimum Gasteiger partial charge on any atom is -0.444 e. The van der Waals surface area contributed by atoms with Gasteiger partial charge in [0.2, 0.25) is 0 Å². The Bertz CT molecular complexity index is 746. The second-order valence-corrected chi connectivity index (χ2v) is 7.41. The molecule has 23 heavy (non-hydrogen) atoms. The number of nitrogens with zero attached hydrogens (tertiary/aromatic N) is 3. The average Bonchev–Trinajstić information content (AvgIpc) is 2.72. The fourth-order valence-corrected chi connectivity index (χ4v) is 3.07. The minimum atomic E-state index is -0.484. The van der Waals surface area contributed by atoms with Crippen LogP contribution in [0.3, 0.4) is 0 Å². The Balaban J connectivity index is 1.79. The molecule has 0 atom stereocenters. The number of hydrogen-bond donors (Lipinski definition) is 0. The summed E-state index contributed by atoms with van der Waals surface area (Å²) in [6.07, 6.45) is -0.284. The van der Waals surface area contributed by atoms with Crippen molar-refractivity contribution < 1.29 is 9.53 Å². The van der Waals surface area contributed by atoms with Gasteiger partial charge in [-0.3, -0.25) is 0 Å². The van der Waals surface area contributed by atoms with E-state index in [2.05, 4.69) is 9.55 Å². The molecular formula is C16H19Cl2N3O2. The molecule has 0 radical (unpaired) electrons. The molecule has 124 valence electrons. The monoisotopic (exact) mass is 355 g/mol. The standard InChI is InChI=1S/C16H19Cl2N3O2/c1-16(2,3)23-15(22)20-8-11(9-20)21-13-5-4-10(18)6-12(13)19-14(21)7-17/h4-6,11H,7-9H2,1-3H3. The molecule has 3 rings (SSSR count). The zero-order valence-electron chi connectivity index (χ0n) is 13.3. The van der Waals surface area contributed by atoms with Crippen molar-refractivity contribution in [1.29, 1.82) is 0 Å². The quantitative estimate of drug-likeness (QED) is 0.757. The first kappa shape index (κ1) is 16.4. The van der Waals surface area contributed by atoms with E-state index in [4.69, 9.17) is 27.9 Å². The summed E-state index contributed by atoms with van der Waals surface area (Å²) in [6.45, 7) is 6.77. The largest absolute Gasteiger partial charge is 0.444 e. The van der Waals surface area contributed by atoms with Crippen molar-refractivity contribution in [2.45, 2.75) is 38.3 Å². The summed E-state index contributed by atoms with van der Waals surface area (Å²) in [5, 5.41) is 0.646. The Kier molecular flexibility index (Phi) is 4.19. The van der Waals surface area contributed by atoms with Crippen LogP contribution in [0.1, 0.15) is 32.6 Å². The highest BCUT2D eigenvalue weighted by atomic mass is 35.5. The van der Waals surface area contributed by atoms with Crippen LogP contribution >= 0.6 is 23.2 Å². The normalized spacial score (nSPS) is 15.8. The molecule has 0 unspecified atom stereocenters. The number of halogens is 2. The minimum absolute atomic E-state index is 0.155. The van der Waals surface area contributed by atoms with Gasteiger partial charge in [-0.2, -0.15) is 0 Å². The lowest BCUT2D eigenvalue weighted by molar-refractivity contribution is 0.00126. The average molecular weight is 356 g/mol. The maximum atomic E-state index is 12.1. The van der Waals surface area contributed by atoms with Crippen molar-refractivity contribution >= 4 is 40.3 Å². The van der Waals surface area contributed by atoms with E-state index in [1.54, 1.807) is 4.90 Å². The molecule has 1 saturated heterocycles. The van der Waals surface area contributed by atoms with E-state index in [-0.39, 0.29) is 12.1 Å². The number of imidazole rings is 1. The fraction of sp³-hybridized carbons (Fsp3) is 0.500. The lowest BCUT2D eigenvalue weighted by atomic mass is 10.1. The second kappa shape index (κ2) is 5.87. The molecule has 2 aromatic rings. The third-order valence-electron chi connectivity index (χ3n) is 3.72. The number of ether oxygens (including phenoxy) is 1. The summed E-state index contributed by atoms with van der Waals surface area (Å²) in [5.41, 5.74) is 1.32. The van der Waals surface area contributed by atoms with Crippen molar-refractivity contribution in [3.63, 3.8) is 0 Å². The third-order valence-corrected chi connectivity index (χ3v) is 4.20. The molecule has 1 fully saturated rings. The Hall–Kier alpha value is -1.46. The van der Waals surface area contributed by atoms with E-state index in [9.17, 15) is 4.79 Å². The zero-order valence-corrected chi connectivity index (χ0v) is 14.9. The first-order chi connectivity index (χ1) is 10.8. The van der Waals surface area contributed by atoms with Crippen LogP contribution in [0.2, 0.25) is 5.02 Å². The van der Waals surface area contributed by atoms with Crippen LogP contribution < -0.4 is 0 Å². The van der Waals surface area contributed by atoms with Gasteiger partial charge in [-0.05, 0) is 39.0 Å². The predicted octanol–water partition coefficient (Wildman–Crippen LogP) is 4.22. The Morgan fingerprint density at radius 2 is 2.09 bits per heavy atom. The molecule has 0 saturated carbocycles. The molecule has 1 aromatic heterocycles. The van der Waals surface area contributed by atoms with Crippen molar-refractivity contribution in [2.24, 2.45) is 0 Å². The van der Waals surface area contributed by atoms with Gasteiger partial charge in [0.05, 0.1) is 23.0 Å². The highest BCUT2D eigenvalue weighted by Crippen LogP contribution is 2.30. The highest BCUT2D eigenvalue weighted by Gasteiger charge is 2.36. The Labute approximate surface area is 145 Å². The Morgan fingerprint density at radius 3 is 2.70 bits per heavy atom. The predicted molar refractivity (Wildman–Crippen MR) is 91.1 cm³/mol. The number of carbonyl (C=O) groups is 1. The lowest BCUT2D eigenvalue weighted by Gasteiger charge is -2.41. The van der Waals surface area contributed by atoms with Gasteiger partial charge < -0.3 is 14.2 Å². The van der Waals surface area contributed by atoms with E-state index < -0.39 is 5.60 Å². The molecule has 2 heterocycles. The smallest absolute Gasteiger partial charge is 0.410 e. The summed E-state index contributed by atoms with van der Waals surface area (Å²) in [7, 11) is 0. The van der Waals surface area contributed by atoms with Gasteiger partial charge in [0, 0.05) is 18.1 Å². The number of amides is 1. The van der Waals surface area contributed by atoms with Crippen molar-refractivity contribution in [3.05, 3.63) is 29.0 Å². The second-order valence-electron chi connectivity index (χ2n) is 6.70. The lowest BCUT2D eigenvalue weighted by Crippen LogP contribution is -2.52. The van der Waals surface area contributed by atoms with Crippen LogP contribution in [0.5, 0.6) is 0 Å². The molecule has 0 N–H and O–H groups in total. The van der Waals surface area contributed by atoms with E-state index >= 15 is 0 Å². The van der Waals surface area contributed by atoms with E-state index in [0.717, 1.165) is 16.9 Å². The highest BCUT2D eigenvalue weighted by molar-refractivity contribution is 6.31. The van der Waals surface area contributed by atoms with E-state index in [0.29, 0.717) is 24.0 Å². The summed E-state index contributed by atoms with van der Waals surface area (Å²) in [6, 6.07) is 5.76. The third kappa shape index (κ3) is 3.26.